The van der Waals surface area contributed by atoms with Crippen LogP contribution < -0.4 is 5.32 Å². The number of H-pyrrole nitrogens is 1. The van der Waals surface area contributed by atoms with Gasteiger partial charge in [0.2, 0.25) is 0 Å². The van der Waals surface area contributed by atoms with Crippen LogP contribution in [0.25, 0.3) is 28.0 Å². The van der Waals surface area contributed by atoms with Crippen LogP contribution in [0.1, 0.15) is 24.2 Å². The average Bonchev–Trinajstić information content (AvgIpc) is 3.35. The molecule has 130 valence electrons. The Bertz CT molecular complexity index is 1070. The second-order valence-electron chi connectivity index (χ2n) is 7.03. The normalized spacial score (nSPS) is 16.2. The molecule has 2 aliphatic rings. The Kier molecular flexibility index (Phi) is 3.16. The third-order valence-electron chi connectivity index (χ3n) is 4.90. The molecule has 2 aromatic heterocycles. The molecular weight excluding hydrogens is 324 g/mol. The first kappa shape index (κ1) is 15.1. The molecule has 1 saturated carbocycles. The SMILES string of the molecule is C=C1c2c(cc(-c3ccc4nc(C)[nH]c4c3)nc2NC2CC2)N=CN1C. The lowest BCUT2D eigenvalue weighted by molar-refractivity contribution is 0.735. The molecule has 0 amide bonds. The number of rotatable bonds is 3. The van der Waals surface area contributed by atoms with Gasteiger partial charge in [0.15, 0.2) is 0 Å². The van der Waals surface area contributed by atoms with Crippen molar-refractivity contribution in [2.75, 3.05) is 12.4 Å². The van der Waals surface area contributed by atoms with E-state index in [0.29, 0.717) is 6.04 Å². The van der Waals surface area contributed by atoms with E-state index in [2.05, 4.69) is 39.0 Å². The van der Waals surface area contributed by atoms with E-state index in [4.69, 9.17) is 4.98 Å². The lowest BCUT2D eigenvalue weighted by Crippen LogP contribution is -2.19. The standard InChI is InChI=1S/C20H20N6/c1-11-19-18(21-10-26(11)3)9-16(25-20(19)24-14-5-6-14)13-4-7-15-17(8-13)23-12(2)22-15/h4,7-10,14H,1,5-6H2,2-3H3,(H,22,23)(H,24,25). The van der Waals surface area contributed by atoms with Crippen LogP contribution in [0.15, 0.2) is 35.8 Å². The molecule has 26 heavy (non-hydrogen) atoms. The largest absolute Gasteiger partial charge is 0.367 e. The summed E-state index contributed by atoms with van der Waals surface area (Å²) in [6.45, 7) is 6.18. The zero-order chi connectivity index (χ0) is 17.8. The molecule has 1 aromatic carbocycles. The number of imidazole rings is 1. The maximum atomic E-state index is 4.93. The van der Waals surface area contributed by atoms with Crippen LogP contribution in [-0.2, 0) is 0 Å². The summed E-state index contributed by atoms with van der Waals surface area (Å²) in [6.07, 6.45) is 4.17. The molecule has 1 fully saturated rings. The Morgan fingerprint density at radius 3 is 2.88 bits per heavy atom. The highest BCUT2D eigenvalue weighted by Gasteiger charge is 2.27. The highest BCUT2D eigenvalue weighted by atomic mass is 15.2. The average molecular weight is 344 g/mol. The van der Waals surface area contributed by atoms with Crippen LogP contribution in [0.2, 0.25) is 0 Å². The summed E-state index contributed by atoms with van der Waals surface area (Å²) < 4.78 is 0. The predicted octanol–water partition coefficient (Wildman–Crippen LogP) is 4.08. The van der Waals surface area contributed by atoms with E-state index >= 15 is 0 Å². The molecule has 6 heteroatoms. The van der Waals surface area contributed by atoms with Crippen molar-refractivity contribution in [1.29, 1.82) is 0 Å². The number of aromatic nitrogens is 3. The fourth-order valence-electron chi connectivity index (χ4n) is 3.28. The molecule has 1 aliphatic heterocycles. The Hall–Kier alpha value is -3.15. The van der Waals surface area contributed by atoms with Gasteiger partial charge in [-0.05, 0) is 38.0 Å². The number of pyridine rings is 1. The monoisotopic (exact) mass is 344 g/mol. The second-order valence-corrected chi connectivity index (χ2v) is 7.03. The van der Waals surface area contributed by atoms with E-state index < -0.39 is 0 Å². The first-order valence-electron chi connectivity index (χ1n) is 8.83. The molecule has 5 rings (SSSR count). The van der Waals surface area contributed by atoms with Crippen molar-refractivity contribution in [2.45, 2.75) is 25.8 Å². The molecule has 1 aliphatic carbocycles. The van der Waals surface area contributed by atoms with Crippen molar-refractivity contribution in [3.05, 3.63) is 42.2 Å². The third kappa shape index (κ3) is 2.45. The number of benzene rings is 1. The predicted molar refractivity (Wildman–Crippen MR) is 106 cm³/mol. The summed E-state index contributed by atoms with van der Waals surface area (Å²) in [6, 6.07) is 8.72. The molecule has 0 saturated heterocycles. The van der Waals surface area contributed by atoms with Gasteiger partial charge in [-0.3, -0.25) is 0 Å². The number of hydrogen-bond donors (Lipinski definition) is 2. The summed E-state index contributed by atoms with van der Waals surface area (Å²) in [5.74, 6) is 1.78. The molecule has 0 bridgehead atoms. The van der Waals surface area contributed by atoms with E-state index in [1.165, 1.54) is 12.8 Å². The maximum Gasteiger partial charge on any atom is 0.138 e. The van der Waals surface area contributed by atoms with Crippen molar-refractivity contribution in [1.82, 2.24) is 19.9 Å². The van der Waals surface area contributed by atoms with E-state index in [1.54, 1.807) is 6.34 Å². The van der Waals surface area contributed by atoms with Crippen LogP contribution in [0.5, 0.6) is 0 Å². The third-order valence-corrected chi connectivity index (χ3v) is 4.90. The van der Waals surface area contributed by atoms with E-state index in [1.807, 2.05) is 31.0 Å². The lowest BCUT2D eigenvalue weighted by atomic mass is 10.0. The highest BCUT2D eigenvalue weighted by Crippen LogP contribution is 2.40. The second kappa shape index (κ2) is 5.42. The highest BCUT2D eigenvalue weighted by molar-refractivity contribution is 5.92. The minimum absolute atomic E-state index is 0.503. The first-order valence-corrected chi connectivity index (χ1v) is 8.83. The Morgan fingerprint density at radius 2 is 2.08 bits per heavy atom. The number of fused-ring (bicyclic) bond motifs is 2. The van der Waals surface area contributed by atoms with Crippen LogP contribution in [0, 0.1) is 6.92 Å². The van der Waals surface area contributed by atoms with Gasteiger partial charge in [0.25, 0.3) is 0 Å². The Labute approximate surface area is 151 Å². The van der Waals surface area contributed by atoms with E-state index in [0.717, 1.165) is 50.9 Å². The summed E-state index contributed by atoms with van der Waals surface area (Å²) in [4.78, 5) is 19.2. The molecular formula is C20H20N6. The minimum atomic E-state index is 0.503. The summed E-state index contributed by atoms with van der Waals surface area (Å²) >= 11 is 0. The molecule has 6 nitrogen and oxygen atoms in total. The number of anilines is 1. The molecule has 0 unspecified atom stereocenters. The lowest BCUT2D eigenvalue weighted by Gasteiger charge is -2.25. The van der Waals surface area contributed by atoms with Crippen LogP contribution in [0.3, 0.4) is 0 Å². The van der Waals surface area contributed by atoms with Crippen molar-refractivity contribution in [2.24, 2.45) is 4.99 Å². The van der Waals surface area contributed by atoms with Crippen molar-refractivity contribution >= 4 is 34.6 Å². The van der Waals surface area contributed by atoms with Gasteiger partial charge in [-0.25, -0.2) is 15.0 Å². The fourth-order valence-corrected chi connectivity index (χ4v) is 3.28. The van der Waals surface area contributed by atoms with E-state index in [-0.39, 0.29) is 0 Å². The van der Waals surface area contributed by atoms with Crippen molar-refractivity contribution in [3.63, 3.8) is 0 Å². The van der Waals surface area contributed by atoms with Gasteiger partial charge in [-0.1, -0.05) is 12.6 Å². The maximum absolute atomic E-state index is 4.93. The zero-order valence-corrected chi connectivity index (χ0v) is 14.9. The summed E-state index contributed by atoms with van der Waals surface area (Å²) in [7, 11) is 1.96. The van der Waals surface area contributed by atoms with Crippen molar-refractivity contribution < 1.29 is 0 Å². The molecule has 0 spiro atoms. The van der Waals surface area contributed by atoms with Crippen molar-refractivity contribution in [3.8, 4) is 11.3 Å². The minimum Gasteiger partial charge on any atom is -0.367 e. The van der Waals surface area contributed by atoms with Gasteiger partial charge >= 0.3 is 0 Å². The Balaban J connectivity index is 1.67. The number of aryl methyl sites for hydroxylation is 1. The molecule has 0 atom stereocenters. The number of nitrogens with zero attached hydrogens (tertiary/aromatic N) is 4. The molecule has 3 aromatic rings. The topological polar surface area (TPSA) is 69.2 Å². The van der Waals surface area contributed by atoms with Gasteiger partial charge < -0.3 is 15.2 Å². The number of nitrogens with one attached hydrogen (secondary N) is 2. The quantitative estimate of drug-likeness (QED) is 0.751. The number of aromatic amines is 1. The molecule has 3 heterocycles. The Morgan fingerprint density at radius 1 is 1.23 bits per heavy atom. The number of hydrogen-bond acceptors (Lipinski definition) is 5. The van der Waals surface area contributed by atoms with Gasteiger partial charge in [0, 0.05) is 24.4 Å². The zero-order valence-electron chi connectivity index (χ0n) is 14.9. The smallest absolute Gasteiger partial charge is 0.138 e. The van der Waals surface area contributed by atoms with Crippen LogP contribution >= 0.6 is 0 Å². The van der Waals surface area contributed by atoms with Gasteiger partial charge in [-0.2, -0.15) is 0 Å². The van der Waals surface area contributed by atoms with Gasteiger partial charge in [0.1, 0.15) is 11.6 Å². The van der Waals surface area contributed by atoms with Crippen LogP contribution in [0.4, 0.5) is 11.5 Å². The molecule has 2 N–H and O–H groups in total. The first-order chi connectivity index (χ1) is 12.6. The number of aliphatic imine (C=N–C) groups is 1. The van der Waals surface area contributed by atoms with E-state index in [9.17, 15) is 0 Å². The van der Waals surface area contributed by atoms with Gasteiger partial charge in [-0.15, -0.1) is 0 Å². The fraction of sp³-hybridized carbons (Fsp3) is 0.250. The molecule has 0 radical (unpaired) electrons. The summed E-state index contributed by atoms with van der Waals surface area (Å²) in [5, 5.41) is 3.55. The van der Waals surface area contributed by atoms with Gasteiger partial charge in [0.05, 0.1) is 34.3 Å². The van der Waals surface area contributed by atoms with Crippen LogP contribution in [-0.4, -0.2) is 39.3 Å². The summed E-state index contributed by atoms with van der Waals surface area (Å²) in [5.41, 5.74) is 6.73.